The molecule has 2 aromatic carbocycles. The zero-order valence-corrected chi connectivity index (χ0v) is 15.7. The lowest BCUT2D eigenvalue weighted by Gasteiger charge is -2.28. The van der Waals surface area contributed by atoms with Gasteiger partial charge in [0.1, 0.15) is 5.60 Å². The molecule has 2 aromatic rings. The van der Waals surface area contributed by atoms with E-state index in [1.165, 1.54) is 5.56 Å². The van der Waals surface area contributed by atoms with E-state index in [1.807, 2.05) is 45.0 Å². The van der Waals surface area contributed by atoms with Gasteiger partial charge in [-0.15, -0.1) is 0 Å². The molecule has 3 rings (SSSR count). The van der Waals surface area contributed by atoms with E-state index in [0.29, 0.717) is 0 Å². The van der Waals surface area contributed by atoms with Crippen LogP contribution in [0.25, 0.3) is 11.1 Å². The number of aryl methyl sites for hydroxylation is 1. The molecule has 1 amide bonds. The summed E-state index contributed by atoms with van der Waals surface area (Å²) < 4.78 is 5.40. The Morgan fingerprint density at radius 1 is 1.23 bits per heavy atom. The van der Waals surface area contributed by atoms with Gasteiger partial charge in [0, 0.05) is 0 Å². The maximum absolute atomic E-state index is 12.1. The fraction of sp³-hybridized carbons (Fsp3) is 0.409. The molecule has 0 aromatic heterocycles. The number of hydrogen-bond donors (Lipinski definition) is 2. The van der Waals surface area contributed by atoms with Crippen LogP contribution in [0.4, 0.5) is 4.79 Å². The number of amides is 1. The van der Waals surface area contributed by atoms with Gasteiger partial charge >= 0.3 is 6.09 Å². The maximum atomic E-state index is 12.1. The Morgan fingerprint density at radius 3 is 2.73 bits per heavy atom. The van der Waals surface area contributed by atoms with Crippen LogP contribution in [-0.4, -0.2) is 16.8 Å². The summed E-state index contributed by atoms with van der Waals surface area (Å²) in [5, 5.41) is 12.6. The molecule has 4 nitrogen and oxygen atoms in total. The number of nitrogens with one attached hydrogen (secondary N) is 1. The van der Waals surface area contributed by atoms with Gasteiger partial charge in [0.05, 0.1) is 12.6 Å². The molecule has 2 N–H and O–H groups in total. The van der Waals surface area contributed by atoms with E-state index in [4.69, 9.17) is 4.74 Å². The molecular weight excluding hydrogens is 326 g/mol. The van der Waals surface area contributed by atoms with Crippen LogP contribution in [-0.2, 0) is 17.8 Å². The Balaban J connectivity index is 1.84. The highest BCUT2D eigenvalue weighted by atomic mass is 16.6. The van der Waals surface area contributed by atoms with Crippen LogP contribution in [0.15, 0.2) is 42.5 Å². The van der Waals surface area contributed by atoms with Crippen molar-refractivity contribution in [2.24, 2.45) is 0 Å². The number of alkyl carbamates (subject to hydrolysis) is 1. The van der Waals surface area contributed by atoms with Gasteiger partial charge in [0.15, 0.2) is 0 Å². The summed E-state index contributed by atoms with van der Waals surface area (Å²) in [6.07, 6.45) is 2.57. The van der Waals surface area contributed by atoms with Crippen molar-refractivity contribution in [2.45, 2.75) is 58.3 Å². The summed E-state index contributed by atoms with van der Waals surface area (Å²) >= 11 is 0. The first-order valence-corrected chi connectivity index (χ1v) is 9.19. The third kappa shape index (κ3) is 4.25. The highest BCUT2D eigenvalue weighted by Gasteiger charge is 2.25. The van der Waals surface area contributed by atoms with Gasteiger partial charge in [0.2, 0.25) is 0 Å². The number of aliphatic hydroxyl groups excluding tert-OH is 1. The molecule has 1 atom stereocenters. The second-order valence-electron chi connectivity index (χ2n) is 7.82. The second kappa shape index (κ2) is 7.50. The van der Waals surface area contributed by atoms with Gasteiger partial charge < -0.3 is 15.2 Å². The molecule has 0 saturated heterocycles. The van der Waals surface area contributed by atoms with Crippen LogP contribution in [0.1, 0.15) is 56.3 Å². The smallest absolute Gasteiger partial charge is 0.408 e. The summed E-state index contributed by atoms with van der Waals surface area (Å²) in [5.74, 6) is 0. The van der Waals surface area contributed by atoms with Crippen molar-refractivity contribution < 1.29 is 14.6 Å². The molecule has 0 bridgehead atoms. The van der Waals surface area contributed by atoms with E-state index in [-0.39, 0.29) is 18.7 Å². The maximum Gasteiger partial charge on any atom is 0.408 e. The Labute approximate surface area is 155 Å². The minimum absolute atomic E-state index is 0.0178. The van der Waals surface area contributed by atoms with Crippen LogP contribution < -0.4 is 5.32 Å². The predicted octanol–water partition coefficient (Wildman–Crippen LogP) is 4.75. The average Bonchev–Trinajstić information content (AvgIpc) is 2.60. The lowest BCUT2D eigenvalue weighted by molar-refractivity contribution is 0.0498. The molecule has 0 saturated carbocycles. The van der Waals surface area contributed by atoms with Crippen molar-refractivity contribution in [3.8, 4) is 11.1 Å². The predicted molar refractivity (Wildman–Crippen MR) is 103 cm³/mol. The molecule has 4 heteroatoms. The van der Waals surface area contributed by atoms with Gasteiger partial charge in [-0.3, -0.25) is 0 Å². The van der Waals surface area contributed by atoms with Crippen molar-refractivity contribution >= 4 is 6.09 Å². The molecule has 0 fully saturated rings. The van der Waals surface area contributed by atoms with E-state index in [1.54, 1.807) is 0 Å². The first-order valence-electron chi connectivity index (χ1n) is 9.19. The third-order valence-electron chi connectivity index (χ3n) is 4.65. The molecule has 0 heterocycles. The standard InChI is InChI=1S/C22H27NO3/c1-22(2,3)26-21(25)23-20-10-6-8-15-13-16(11-12-19(15)20)18-9-5-4-7-17(18)14-24/h4-5,7,9,11-13,20,24H,6,8,10,14H2,1-3H3,(H,23,25)/t20-/m1/s1. The molecule has 1 aliphatic rings. The first-order chi connectivity index (χ1) is 12.4. The summed E-state index contributed by atoms with van der Waals surface area (Å²) in [6.45, 7) is 5.63. The molecule has 0 spiro atoms. The number of ether oxygens (including phenoxy) is 1. The Bertz CT molecular complexity index is 792. The van der Waals surface area contributed by atoms with Crippen LogP contribution >= 0.6 is 0 Å². The quantitative estimate of drug-likeness (QED) is 0.837. The molecule has 0 aliphatic heterocycles. The summed E-state index contributed by atoms with van der Waals surface area (Å²) in [5.41, 5.74) is 4.99. The largest absolute Gasteiger partial charge is 0.444 e. The lowest BCUT2D eigenvalue weighted by Crippen LogP contribution is -2.36. The minimum atomic E-state index is -0.501. The number of benzene rings is 2. The molecule has 0 radical (unpaired) electrons. The topological polar surface area (TPSA) is 58.6 Å². The fourth-order valence-corrected chi connectivity index (χ4v) is 3.52. The van der Waals surface area contributed by atoms with Crippen molar-refractivity contribution in [1.29, 1.82) is 0 Å². The zero-order chi connectivity index (χ0) is 18.7. The number of hydrogen-bond acceptors (Lipinski definition) is 3. The fourth-order valence-electron chi connectivity index (χ4n) is 3.52. The molecule has 0 unspecified atom stereocenters. The first kappa shape index (κ1) is 18.5. The van der Waals surface area contributed by atoms with Crippen molar-refractivity contribution in [3.05, 3.63) is 59.2 Å². The van der Waals surface area contributed by atoms with Crippen LogP contribution in [0.3, 0.4) is 0 Å². The van der Waals surface area contributed by atoms with Gasteiger partial charge in [-0.25, -0.2) is 4.79 Å². The van der Waals surface area contributed by atoms with E-state index in [0.717, 1.165) is 41.5 Å². The lowest BCUT2D eigenvalue weighted by atomic mass is 9.85. The number of fused-ring (bicyclic) bond motifs is 1. The Morgan fingerprint density at radius 2 is 2.00 bits per heavy atom. The minimum Gasteiger partial charge on any atom is -0.444 e. The van der Waals surface area contributed by atoms with Crippen molar-refractivity contribution in [3.63, 3.8) is 0 Å². The van der Waals surface area contributed by atoms with E-state index in [2.05, 4.69) is 23.5 Å². The van der Waals surface area contributed by atoms with Gasteiger partial charge in [-0.05, 0) is 67.9 Å². The van der Waals surface area contributed by atoms with E-state index in [9.17, 15) is 9.90 Å². The summed E-state index contributed by atoms with van der Waals surface area (Å²) in [7, 11) is 0. The van der Waals surface area contributed by atoms with Gasteiger partial charge in [-0.1, -0.05) is 42.5 Å². The number of rotatable bonds is 3. The SMILES string of the molecule is CC(C)(C)OC(=O)N[C@@H]1CCCc2cc(-c3ccccc3CO)ccc21. The summed E-state index contributed by atoms with van der Waals surface area (Å²) in [4.78, 5) is 12.1. The highest BCUT2D eigenvalue weighted by Crippen LogP contribution is 2.34. The van der Waals surface area contributed by atoms with Crippen molar-refractivity contribution in [2.75, 3.05) is 0 Å². The van der Waals surface area contributed by atoms with Crippen LogP contribution in [0.5, 0.6) is 0 Å². The van der Waals surface area contributed by atoms with Gasteiger partial charge in [0.25, 0.3) is 0 Å². The molecule has 138 valence electrons. The Hall–Kier alpha value is -2.33. The number of carbonyl (C=O) groups excluding carboxylic acids is 1. The molecule has 1 aliphatic carbocycles. The molecular formula is C22H27NO3. The average molecular weight is 353 g/mol. The zero-order valence-electron chi connectivity index (χ0n) is 15.7. The second-order valence-corrected chi connectivity index (χ2v) is 7.82. The molecule has 26 heavy (non-hydrogen) atoms. The Kier molecular flexibility index (Phi) is 5.33. The van der Waals surface area contributed by atoms with Crippen LogP contribution in [0.2, 0.25) is 0 Å². The number of aliphatic hydroxyl groups is 1. The van der Waals surface area contributed by atoms with E-state index >= 15 is 0 Å². The van der Waals surface area contributed by atoms with Crippen molar-refractivity contribution in [1.82, 2.24) is 5.32 Å². The monoisotopic (exact) mass is 353 g/mol. The van der Waals surface area contributed by atoms with Crippen LogP contribution in [0, 0.1) is 0 Å². The number of carbonyl (C=O) groups is 1. The van der Waals surface area contributed by atoms with E-state index < -0.39 is 5.60 Å². The van der Waals surface area contributed by atoms with Gasteiger partial charge in [-0.2, -0.15) is 0 Å². The third-order valence-corrected chi connectivity index (χ3v) is 4.65. The highest BCUT2D eigenvalue weighted by molar-refractivity contribution is 5.70. The normalized spacial score (nSPS) is 16.7. The summed E-state index contributed by atoms with van der Waals surface area (Å²) in [6, 6.07) is 14.2.